The number of amides is 3. The maximum atomic E-state index is 12.9. The van der Waals surface area contributed by atoms with Crippen molar-refractivity contribution in [3.63, 3.8) is 0 Å². The molecular weight excluding hydrogens is 366 g/mol. The summed E-state index contributed by atoms with van der Waals surface area (Å²) in [5.41, 5.74) is 2.24. The average Bonchev–Trinajstić information content (AvgIpc) is 3.30. The van der Waals surface area contributed by atoms with E-state index in [-0.39, 0.29) is 18.0 Å². The smallest absolute Gasteiger partial charge is 0.325 e. The Morgan fingerprint density at radius 2 is 1.83 bits per heavy atom. The van der Waals surface area contributed by atoms with Crippen LogP contribution in [-0.4, -0.2) is 47.6 Å². The quantitative estimate of drug-likeness (QED) is 0.733. The van der Waals surface area contributed by atoms with Crippen LogP contribution in [0, 0.1) is 0 Å². The van der Waals surface area contributed by atoms with Gasteiger partial charge in [0.2, 0.25) is 0 Å². The van der Waals surface area contributed by atoms with Crippen molar-refractivity contribution in [2.45, 2.75) is 38.3 Å². The normalized spacial score (nSPS) is 22.2. The largest absolute Gasteiger partial charge is 0.494 e. The summed E-state index contributed by atoms with van der Waals surface area (Å²) in [5.74, 6) is 0.717. The van der Waals surface area contributed by atoms with Crippen LogP contribution in [0.4, 0.5) is 4.79 Å². The molecule has 152 valence electrons. The maximum absolute atomic E-state index is 12.9. The summed E-state index contributed by atoms with van der Waals surface area (Å²) < 4.78 is 5.53. The molecule has 1 N–H and O–H groups in total. The molecule has 6 heteroatoms. The number of carbonyl (C=O) groups excluding carboxylic acids is 2. The van der Waals surface area contributed by atoms with Crippen LogP contribution in [-0.2, 0) is 11.2 Å². The molecule has 2 aromatic carbocycles. The Morgan fingerprint density at radius 1 is 1.07 bits per heavy atom. The maximum Gasteiger partial charge on any atom is 0.325 e. The molecule has 2 aliphatic rings. The van der Waals surface area contributed by atoms with Crippen molar-refractivity contribution in [3.05, 3.63) is 65.7 Å². The van der Waals surface area contributed by atoms with Crippen LogP contribution in [0.15, 0.2) is 54.6 Å². The number of hydrogen-bond donors (Lipinski definition) is 1. The van der Waals surface area contributed by atoms with E-state index in [4.69, 9.17) is 4.74 Å². The summed E-state index contributed by atoms with van der Waals surface area (Å²) in [5, 5.41) is 2.85. The lowest BCUT2D eigenvalue weighted by molar-refractivity contribution is -0.129. The number of benzene rings is 2. The molecule has 4 rings (SSSR count). The zero-order chi connectivity index (χ0) is 20.2. The van der Waals surface area contributed by atoms with Crippen LogP contribution in [0.1, 0.15) is 36.9 Å². The fraction of sp³-hybridized carbons (Fsp3) is 0.391. The molecule has 0 saturated carbocycles. The third kappa shape index (κ3) is 4.27. The molecule has 2 atom stereocenters. The fourth-order valence-electron chi connectivity index (χ4n) is 4.21. The van der Waals surface area contributed by atoms with Gasteiger partial charge in [-0.25, -0.2) is 9.69 Å². The second-order valence-electron chi connectivity index (χ2n) is 7.57. The van der Waals surface area contributed by atoms with Gasteiger partial charge in [-0.15, -0.1) is 0 Å². The molecule has 29 heavy (non-hydrogen) atoms. The number of rotatable bonds is 7. The summed E-state index contributed by atoms with van der Waals surface area (Å²) in [4.78, 5) is 28.9. The Kier molecular flexibility index (Phi) is 5.81. The Balaban J connectivity index is 1.42. The number of urea groups is 1. The van der Waals surface area contributed by atoms with Gasteiger partial charge in [-0.05, 0) is 43.0 Å². The lowest BCUT2D eigenvalue weighted by atomic mass is 10.0. The lowest BCUT2D eigenvalue weighted by Crippen LogP contribution is -2.41. The molecule has 0 aliphatic carbocycles. The van der Waals surface area contributed by atoms with Gasteiger partial charge < -0.3 is 10.1 Å². The van der Waals surface area contributed by atoms with Crippen LogP contribution in [0.3, 0.4) is 0 Å². The van der Waals surface area contributed by atoms with Gasteiger partial charge in [0.1, 0.15) is 11.8 Å². The molecule has 2 fully saturated rings. The van der Waals surface area contributed by atoms with Crippen LogP contribution < -0.4 is 10.1 Å². The van der Waals surface area contributed by atoms with Gasteiger partial charge in [-0.1, -0.05) is 42.5 Å². The van der Waals surface area contributed by atoms with Gasteiger partial charge in [0.25, 0.3) is 5.91 Å². The number of ether oxygens (including phenoxy) is 1. The van der Waals surface area contributed by atoms with Gasteiger partial charge in [0, 0.05) is 19.0 Å². The Morgan fingerprint density at radius 3 is 2.55 bits per heavy atom. The summed E-state index contributed by atoms with van der Waals surface area (Å²) in [6, 6.07) is 17.3. The van der Waals surface area contributed by atoms with E-state index in [9.17, 15) is 9.59 Å². The fourth-order valence-corrected chi connectivity index (χ4v) is 4.21. The highest BCUT2D eigenvalue weighted by atomic mass is 16.5. The molecular formula is C23H27N3O3. The van der Waals surface area contributed by atoms with Gasteiger partial charge >= 0.3 is 6.03 Å². The van der Waals surface area contributed by atoms with E-state index in [1.54, 1.807) is 0 Å². The third-order valence-electron chi connectivity index (χ3n) is 5.65. The Labute approximate surface area is 171 Å². The molecule has 6 nitrogen and oxygen atoms in total. The highest BCUT2D eigenvalue weighted by Gasteiger charge is 2.40. The predicted molar refractivity (Wildman–Crippen MR) is 110 cm³/mol. The molecule has 0 aromatic heterocycles. The van der Waals surface area contributed by atoms with Crippen LogP contribution >= 0.6 is 0 Å². The second-order valence-corrected chi connectivity index (χ2v) is 7.57. The Hall–Kier alpha value is -2.86. The van der Waals surface area contributed by atoms with Crippen LogP contribution in [0.5, 0.6) is 5.75 Å². The molecule has 3 amide bonds. The SMILES string of the molecule is CCOc1ccc(C2CCCN2CN2C(=O)NC(Cc3ccccc3)C2=O)cc1. The van der Waals surface area contributed by atoms with E-state index < -0.39 is 6.04 Å². The predicted octanol–water partition coefficient (Wildman–Crippen LogP) is 3.34. The first-order valence-electron chi connectivity index (χ1n) is 10.3. The molecule has 2 unspecified atom stereocenters. The molecule has 2 heterocycles. The summed E-state index contributed by atoms with van der Waals surface area (Å²) in [6.07, 6.45) is 2.59. The number of imide groups is 1. The van der Waals surface area contributed by atoms with Crippen molar-refractivity contribution in [3.8, 4) is 5.75 Å². The van der Waals surface area contributed by atoms with Crippen molar-refractivity contribution in [2.75, 3.05) is 19.8 Å². The van der Waals surface area contributed by atoms with E-state index in [2.05, 4.69) is 22.3 Å². The number of nitrogens with one attached hydrogen (secondary N) is 1. The van der Waals surface area contributed by atoms with E-state index in [0.29, 0.717) is 19.7 Å². The highest BCUT2D eigenvalue weighted by Crippen LogP contribution is 2.33. The average molecular weight is 393 g/mol. The number of carbonyl (C=O) groups is 2. The van der Waals surface area contributed by atoms with Crippen molar-refractivity contribution < 1.29 is 14.3 Å². The van der Waals surface area contributed by atoms with E-state index >= 15 is 0 Å². The van der Waals surface area contributed by atoms with E-state index in [1.165, 1.54) is 10.5 Å². The van der Waals surface area contributed by atoms with E-state index in [1.807, 2.05) is 49.4 Å². The van der Waals surface area contributed by atoms with Crippen molar-refractivity contribution in [2.24, 2.45) is 0 Å². The highest BCUT2D eigenvalue weighted by molar-refractivity contribution is 6.04. The first kappa shape index (κ1) is 19.5. The first-order chi connectivity index (χ1) is 14.2. The summed E-state index contributed by atoms with van der Waals surface area (Å²) in [7, 11) is 0. The number of nitrogens with zero attached hydrogens (tertiary/aromatic N) is 2. The Bertz CT molecular complexity index is 853. The zero-order valence-corrected chi connectivity index (χ0v) is 16.7. The monoisotopic (exact) mass is 393 g/mol. The van der Waals surface area contributed by atoms with E-state index in [0.717, 1.165) is 30.7 Å². The van der Waals surface area contributed by atoms with Crippen molar-refractivity contribution >= 4 is 11.9 Å². The molecule has 0 radical (unpaired) electrons. The van der Waals surface area contributed by atoms with Gasteiger partial charge in [0.15, 0.2) is 0 Å². The van der Waals surface area contributed by atoms with Crippen molar-refractivity contribution in [1.29, 1.82) is 0 Å². The molecule has 0 bridgehead atoms. The molecule has 2 aliphatic heterocycles. The van der Waals surface area contributed by atoms with Crippen molar-refractivity contribution in [1.82, 2.24) is 15.1 Å². The number of hydrogen-bond acceptors (Lipinski definition) is 4. The number of likely N-dealkylation sites (tertiary alicyclic amines) is 1. The summed E-state index contributed by atoms with van der Waals surface area (Å²) >= 11 is 0. The topological polar surface area (TPSA) is 61.9 Å². The van der Waals surface area contributed by atoms with Crippen LogP contribution in [0.2, 0.25) is 0 Å². The lowest BCUT2D eigenvalue weighted by Gasteiger charge is -2.28. The van der Waals surface area contributed by atoms with Crippen LogP contribution in [0.25, 0.3) is 0 Å². The minimum atomic E-state index is -0.489. The summed E-state index contributed by atoms with van der Waals surface area (Å²) in [6.45, 7) is 3.81. The first-order valence-corrected chi connectivity index (χ1v) is 10.3. The van der Waals surface area contributed by atoms with Gasteiger partial charge in [0.05, 0.1) is 13.3 Å². The molecule has 2 aromatic rings. The zero-order valence-electron chi connectivity index (χ0n) is 16.7. The third-order valence-corrected chi connectivity index (χ3v) is 5.65. The second kappa shape index (κ2) is 8.66. The molecule has 0 spiro atoms. The minimum absolute atomic E-state index is 0.142. The van der Waals surface area contributed by atoms with Gasteiger partial charge in [-0.2, -0.15) is 0 Å². The molecule has 2 saturated heterocycles. The minimum Gasteiger partial charge on any atom is -0.494 e. The standard InChI is InChI=1S/C23H27N3O3/c1-2-29-19-12-10-18(11-13-19)21-9-6-14-25(21)16-26-22(27)20(24-23(26)28)15-17-7-4-3-5-8-17/h3-5,7-8,10-13,20-21H,2,6,9,14-16H2,1H3,(H,24,28). The van der Waals surface area contributed by atoms with Gasteiger partial charge in [-0.3, -0.25) is 9.69 Å².